The first-order valence-electron chi connectivity index (χ1n) is 11.5. The molecule has 0 amide bonds. The second kappa shape index (κ2) is 12.7. The van der Waals surface area contributed by atoms with Crippen LogP contribution in [0.1, 0.15) is 34.5 Å². The zero-order valence-electron chi connectivity index (χ0n) is 20.6. The third-order valence-corrected chi connectivity index (χ3v) is 5.92. The Morgan fingerprint density at radius 1 is 0.829 bits per heavy atom. The number of hydrogen-bond donors (Lipinski definition) is 1. The van der Waals surface area contributed by atoms with Crippen molar-refractivity contribution in [1.82, 2.24) is 0 Å². The molecular formula is C31H30O3Si. The van der Waals surface area contributed by atoms with Crippen molar-refractivity contribution in [3.05, 3.63) is 101 Å². The molecule has 0 aliphatic carbocycles. The molecule has 3 aromatic carbocycles. The number of methoxy groups -OCH3 is 1. The van der Waals surface area contributed by atoms with Crippen molar-refractivity contribution in [2.45, 2.75) is 31.8 Å². The Hall–Kier alpha value is -3.72. The van der Waals surface area contributed by atoms with E-state index in [0.29, 0.717) is 5.56 Å². The van der Waals surface area contributed by atoms with Crippen LogP contribution in [0.5, 0.6) is 5.75 Å². The Bertz CT molecular complexity index is 1290. The van der Waals surface area contributed by atoms with Gasteiger partial charge < -0.3 is 14.6 Å². The molecule has 0 aliphatic heterocycles. The highest BCUT2D eigenvalue weighted by molar-refractivity contribution is 6.83. The van der Waals surface area contributed by atoms with Crippen LogP contribution < -0.4 is 4.74 Å². The van der Waals surface area contributed by atoms with Crippen molar-refractivity contribution in [3.63, 3.8) is 0 Å². The maximum atomic E-state index is 10.5. The molecule has 0 spiro atoms. The monoisotopic (exact) mass is 478 g/mol. The summed E-state index contributed by atoms with van der Waals surface area (Å²) >= 11 is 0. The van der Waals surface area contributed by atoms with Crippen molar-refractivity contribution in [2.24, 2.45) is 0 Å². The van der Waals surface area contributed by atoms with Crippen molar-refractivity contribution < 1.29 is 14.6 Å². The van der Waals surface area contributed by atoms with Gasteiger partial charge in [0.15, 0.2) is 0 Å². The lowest BCUT2D eigenvalue weighted by Gasteiger charge is -2.18. The van der Waals surface area contributed by atoms with E-state index < -0.39 is 14.2 Å². The van der Waals surface area contributed by atoms with Gasteiger partial charge in [0.25, 0.3) is 0 Å². The van der Waals surface area contributed by atoms with E-state index in [2.05, 4.69) is 54.8 Å². The van der Waals surface area contributed by atoms with E-state index in [1.54, 1.807) is 7.11 Å². The van der Waals surface area contributed by atoms with Gasteiger partial charge in [-0.1, -0.05) is 98.1 Å². The lowest BCUT2D eigenvalue weighted by atomic mass is 10.0. The molecule has 2 atom stereocenters. The van der Waals surface area contributed by atoms with E-state index in [1.165, 1.54) is 0 Å². The number of hydrogen-bond acceptors (Lipinski definition) is 3. The summed E-state index contributed by atoms with van der Waals surface area (Å²) in [4.78, 5) is 0. The molecular weight excluding hydrogens is 448 g/mol. The Balaban J connectivity index is 1.71. The Morgan fingerprint density at radius 2 is 1.49 bits per heavy atom. The molecule has 0 heterocycles. The van der Waals surface area contributed by atoms with Gasteiger partial charge >= 0.3 is 0 Å². The molecule has 3 nitrogen and oxygen atoms in total. The van der Waals surface area contributed by atoms with Gasteiger partial charge in [0.2, 0.25) is 0 Å². The summed E-state index contributed by atoms with van der Waals surface area (Å²) in [5.74, 6) is 15.6. The third kappa shape index (κ3) is 8.22. The predicted molar refractivity (Wildman–Crippen MR) is 144 cm³/mol. The summed E-state index contributed by atoms with van der Waals surface area (Å²) in [5.41, 5.74) is 6.71. The molecule has 1 N–H and O–H groups in total. The summed E-state index contributed by atoms with van der Waals surface area (Å²) in [6, 6.07) is 25.4. The van der Waals surface area contributed by atoms with Crippen molar-refractivity contribution in [2.75, 3.05) is 13.7 Å². The van der Waals surface area contributed by atoms with Crippen molar-refractivity contribution in [3.8, 4) is 40.9 Å². The minimum absolute atomic E-state index is 0.228. The normalized spacial score (nSPS) is 12.0. The number of benzene rings is 3. The van der Waals surface area contributed by atoms with Gasteiger partial charge in [-0.15, -0.1) is 5.54 Å². The SMILES string of the molecule is COc1ccc(C(OCC#CC#Cc2ccccc2C(O)C#C[Si](C)(C)C)c2ccccc2)cc1. The van der Waals surface area contributed by atoms with Crippen molar-refractivity contribution >= 4 is 8.07 Å². The van der Waals surface area contributed by atoms with Crippen LogP contribution in [0.25, 0.3) is 0 Å². The molecule has 0 aromatic heterocycles. The maximum absolute atomic E-state index is 10.5. The second-order valence-electron chi connectivity index (χ2n) is 8.94. The molecule has 0 saturated heterocycles. The van der Waals surface area contributed by atoms with E-state index in [9.17, 15) is 5.11 Å². The molecule has 0 radical (unpaired) electrons. The Kier molecular flexibility index (Phi) is 9.36. The van der Waals surface area contributed by atoms with Gasteiger partial charge in [-0.2, -0.15) is 0 Å². The summed E-state index contributed by atoms with van der Waals surface area (Å²) in [7, 11) is 0.0758. The lowest BCUT2D eigenvalue weighted by molar-refractivity contribution is 0.108. The first-order chi connectivity index (χ1) is 16.9. The smallest absolute Gasteiger partial charge is 0.140 e. The van der Waals surface area contributed by atoms with Crippen LogP contribution in [0, 0.1) is 35.1 Å². The number of ether oxygens (including phenoxy) is 2. The number of aliphatic hydroxyl groups is 1. The fourth-order valence-corrected chi connectivity index (χ4v) is 3.88. The highest BCUT2D eigenvalue weighted by atomic mass is 28.3. The van der Waals surface area contributed by atoms with Crippen LogP contribution in [0.4, 0.5) is 0 Å². The second-order valence-corrected chi connectivity index (χ2v) is 13.7. The van der Waals surface area contributed by atoms with Crippen LogP contribution in [0.2, 0.25) is 19.6 Å². The molecule has 0 saturated carbocycles. The highest BCUT2D eigenvalue weighted by Crippen LogP contribution is 2.27. The largest absolute Gasteiger partial charge is 0.497 e. The average Bonchev–Trinajstić information content (AvgIpc) is 2.87. The zero-order chi connectivity index (χ0) is 25.1. The van der Waals surface area contributed by atoms with Gasteiger partial charge in [-0.25, -0.2) is 0 Å². The average molecular weight is 479 g/mol. The molecule has 35 heavy (non-hydrogen) atoms. The fraction of sp³-hybridized carbons (Fsp3) is 0.226. The van der Waals surface area contributed by atoms with Gasteiger partial charge in [-0.05, 0) is 41.2 Å². The van der Waals surface area contributed by atoms with Gasteiger partial charge in [0, 0.05) is 11.1 Å². The molecule has 0 bridgehead atoms. The van der Waals surface area contributed by atoms with Gasteiger partial charge in [-0.3, -0.25) is 0 Å². The van der Waals surface area contributed by atoms with Crippen LogP contribution in [0.15, 0.2) is 78.9 Å². The molecule has 176 valence electrons. The van der Waals surface area contributed by atoms with E-state index >= 15 is 0 Å². The van der Waals surface area contributed by atoms with Crippen LogP contribution in [-0.4, -0.2) is 26.9 Å². The Labute approximate surface area is 210 Å². The van der Waals surface area contributed by atoms with Crippen LogP contribution in [-0.2, 0) is 4.74 Å². The summed E-state index contributed by atoms with van der Waals surface area (Å²) in [6.45, 7) is 6.67. The van der Waals surface area contributed by atoms with E-state index in [4.69, 9.17) is 9.47 Å². The fourth-order valence-electron chi connectivity index (χ4n) is 3.31. The topological polar surface area (TPSA) is 38.7 Å². The highest BCUT2D eigenvalue weighted by Gasteiger charge is 2.14. The molecule has 4 heteroatoms. The van der Waals surface area contributed by atoms with Crippen molar-refractivity contribution in [1.29, 1.82) is 0 Å². The first-order valence-corrected chi connectivity index (χ1v) is 15.0. The number of rotatable bonds is 6. The number of aliphatic hydroxyl groups excluding tert-OH is 1. The van der Waals surface area contributed by atoms with E-state index in [0.717, 1.165) is 22.4 Å². The minimum Gasteiger partial charge on any atom is -0.497 e. The summed E-state index contributed by atoms with van der Waals surface area (Å²) < 4.78 is 11.4. The van der Waals surface area contributed by atoms with E-state index in [-0.39, 0.29) is 12.7 Å². The predicted octanol–water partition coefficient (Wildman–Crippen LogP) is 5.77. The van der Waals surface area contributed by atoms with Crippen LogP contribution >= 0.6 is 0 Å². The summed E-state index contributed by atoms with van der Waals surface area (Å²) in [6.07, 6.45) is -1.11. The molecule has 0 aliphatic rings. The Morgan fingerprint density at radius 3 is 2.17 bits per heavy atom. The third-order valence-electron chi connectivity index (χ3n) is 5.03. The lowest BCUT2D eigenvalue weighted by Crippen LogP contribution is -2.17. The molecule has 0 fully saturated rings. The molecule has 2 unspecified atom stereocenters. The zero-order valence-corrected chi connectivity index (χ0v) is 21.6. The quantitative estimate of drug-likeness (QED) is 0.361. The maximum Gasteiger partial charge on any atom is 0.140 e. The van der Waals surface area contributed by atoms with E-state index in [1.807, 2.05) is 78.9 Å². The minimum atomic E-state index is -1.57. The van der Waals surface area contributed by atoms with Gasteiger partial charge in [0.1, 0.15) is 32.6 Å². The molecule has 3 aromatic rings. The van der Waals surface area contributed by atoms with Crippen LogP contribution in [0.3, 0.4) is 0 Å². The summed E-state index contributed by atoms with van der Waals surface area (Å²) in [5, 5.41) is 10.5. The standard InChI is InChI=1S/C31H30O3Si/c1-33-28-20-18-27(19-21-28)31(26-15-7-5-8-16-26)34-23-12-6-9-13-25-14-10-11-17-29(25)30(32)22-24-35(2,3)4/h5,7-8,10-11,14-21,30-32H,23H2,1-4H3. The van der Waals surface area contributed by atoms with Gasteiger partial charge in [0.05, 0.1) is 7.11 Å². The molecule has 3 rings (SSSR count). The first kappa shape index (κ1) is 25.9.